The van der Waals surface area contributed by atoms with Crippen LogP contribution >= 0.6 is 23.2 Å². The van der Waals surface area contributed by atoms with E-state index in [1.54, 1.807) is 24.3 Å². The Morgan fingerprint density at radius 3 is 2.71 bits per heavy atom. The molecular weight excluding hydrogens is 263 g/mol. The third-order valence-corrected chi connectivity index (χ3v) is 2.54. The summed E-state index contributed by atoms with van der Waals surface area (Å²) >= 11 is 11.5. The van der Waals surface area contributed by atoms with Crippen LogP contribution in [0.5, 0.6) is 0 Å². The summed E-state index contributed by atoms with van der Waals surface area (Å²) in [5.74, 6) is -0.921. The minimum absolute atomic E-state index is 0.00304. The number of aromatic nitrogens is 2. The Hall–Kier alpha value is -1.65. The molecule has 17 heavy (non-hydrogen) atoms. The zero-order valence-electron chi connectivity index (χ0n) is 8.39. The van der Waals surface area contributed by atoms with Gasteiger partial charge in [-0.1, -0.05) is 35.3 Å². The van der Waals surface area contributed by atoms with E-state index in [1.807, 2.05) is 0 Å². The SMILES string of the molecule is O=C(O)c1nc(-c2cccc(Cl)c2)ncc1Cl. The number of aromatic carboxylic acids is 1. The summed E-state index contributed by atoms with van der Waals surface area (Å²) in [6.45, 7) is 0. The van der Waals surface area contributed by atoms with Crippen molar-refractivity contribution in [2.45, 2.75) is 0 Å². The number of halogens is 2. The predicted octanol–water partition coefficient (Wildman–Crippen LogP) is 3.15. The van der Waals surface area contributed by atoms with E-state index in [9.17, 15) is 4.79 Å². The van der Waals surface area contributed by atoms with Gasteiger partial charge in [0.25, 0.3) is 0 Å². The lowest BCUT2D eigenvalue weighted by molar-refractivity contribution is 0.0690. The van der Waals surface area contributed by atoms with E-state index in [0.717, 1.165) is 0 Å². The molecule has 0 unspecified atom stereocenters. The molecule has 0 spiro atoms. The summed E-state index contributed by atoms with van der Waals surface area (Å²) in [6, 6.07) is 6.83. The number of carbonyl (C=O) groups is 1. The van der Waals surface area contributed by atoms with Gasteiger partial charge in [-0.3, -0.25) is 0 Å². The van der Waals surface area contributed by atoms with Gasteiger partial charge in [-0.05, 0) is 12.1 Å². The monoisotopic (exact) mass is 268 g/mol. The van der Waals surface area contributed by atoms with Crippen molar-refractivity contribution in [1.29, 1.82) is 0 Å². The van der Waals surface area contributed by atoms with E-state index < -0.39 is 5.97 Å². The molecule has 1 aromatic heterocycles. The Labute approximate surface area is 107 Å². The molecule has 0 bridgehead atoms. The Balaban J connectivity index is 2.54. The van der Waals surface area contributed by atoms with Crippen molar-refractivity contribution in [2.24, 2.45) is 0 Å². The van der Waals surface area contributed by atoms with E-state index in [2.05, 4.69) is 9.97 Å². The second kappa shape index (κ2) is 4.69. The third-order valence-electron chi connectivity index (χ3n) is 2.03. The quantitative estimate of drug-likeness (QED) is 0.909. The average molecular weight is 269 g/mol. The van der Waals surface area contributed by atoms with Crippen LogP contribution in [0.15, 0.2) is 30.5 Å². The summed E-state index contributed by atoms with van der Waals surface area (Å²) in [5, 5.41) is 9.42. The first-order valence-corrected chi connectivity index (χ1v) is 5.35. The molecule has 0 fully saturated rings. The van der Waals surface area contributed by atoms with Gasteiger partial charge in [0.2, 0.25) is 0 Å². The molecule has 0 saturated carbocycles. The highest BCUT2D eigenvalue weighted by Gasteiger charge is 2.13. The van der Waals surface area contributed by atoms with Crippen LogP contribution < -0.4 is 0 Å². The predicted molar refractivity (Wildman–Crippen MR) is 64.4 cm³/mol. The highest BCUT2D eigenvalue weighted by atomic mass is 35.5. The second-order valence-corrected chi connectivity index (χ2v) is 4.05. The van der Waals surface area contributed by atoms with Crippen LogP contribution in [0.25, 0.3) is 11.4 Å². The molecule has 2 rings (SSSR count). The lowest BCUT2D eigenvalue weighted by Gasteiger charge is -2.03. The summed E-state index contributed by atoms with van der Waals surface area (Å²) in [5.41, 5.74) is 0.410. The lowest BCUT2D eigenvalue weighted by Crippen LogP contribution is -2.03. The van der Waals surface area contributed by atoms with Gasteiger partial charge >= 0.3 is 5.97 Å². The fourth-order valence-electron chi connectivity index (χ4n) is 1.28. The number of rotatable bonds is 2. The number of hydrogen-bond donors (Lipinski definition) is 1. The minimum Gasteiger partial charge on any atom is -0.476 e. The van der Waals surface area contributed by atoms with Gasteiger partial charge < -0.3 is 5.11 Å². The van der Waals surface area contributed by atoms with Gasteiger partial charge in [0.15, 0.2) is 11.5 Å². The number of hydrogen-bond acceptors (Lipinski definition) is 3. The van der Waals surface area contributed by atoms with Crippen LogP contribution in [0.4, 0.5) is 0 Å². The molecule has 1 aromatic carbocycles. The molecule has 86 valence electrons. The van der Waals surface area contributed by atoms with Crippen molar-refractivity contribution in [1.82, 2.24) is 9.97 Å². The van der Waals surface area contributed by atoms with E-state index in [-0.39, 0.29) is 16.5 Å². The molecule has 0 radical (unpaired) electrons. The fraction of sp³-hybridized carbons (Fsp3) is 0. The van der Waals surface area contributed by atoms with Gasteiger partial charge in [0.05, 0.1) is 11.2 Å². The van der Waals surface area contributed by atoms with Crippen molar-refractivity contribution >= 4 is 29.2 Å². The molecule has 0 aliphatic heterocycles. The molecule has 6 heteroatoms. The Morgan fingerprint density at radius 1 is 1.29 bits per heavy atom. The van der Waals surface area contributed by atoms with Crippen molar-refractivity contribution in [3.63, 3.8) is 0 Å². The highest BCUT2D eigenvalue weighted by Crippen LogP contribution is 2.21. The second-order valence-electron chi connectivity index (χ2n) is 3.21. The average Bonchev–Trinajstić information content (AvgIpc) is 2.29. The van der Waals surface area contributed by atoms with E-state index in [1.165, 1.54) is 6.20 Å². The molecule has 2 aromatic rings. The molecule has 4 nitrogen and oxygen atoms in total. The molecule has 0 saturated heterocycles. The molecule has 1 N–H and O–H groups in total. The number of nitrogens with zero attached hydrogens (tertiary/aromatic N) is 2. The maximum absolute atomic E-state index is 10.9. The van der Waals surface area contributed by atoms with Crippen LogP contribution in [0.2, 0.25) is 10.0 Å². The van der Waals surface area contributed by atoms with Gasteiger partial charge in [-0.25, -0.2) is 14.8 Å². The summed E-state index contributed by atoms with van der Waals surface area (Å²) in [4.78, 5) is 18.7. The summed E-state index contributed by atoms with van der Waals surface area (Å²) in [7, 11) is 0. The number of carboxylic acid groups (broad SMARTS) is 1. The maximum Gasteiger partial charge on any atom is 0.356 e. The van der Waals surface area contributed by atoms with Gasteiger partial charge in [-0.15, -0.1) is 0 Å². The first kappa shape index (κ1) is 11.8. The molecule has 0 amide bonds. The minimum atomic E-state index is -1.19. The standard InChI is InChI=1S/C11H6Cl2N2O2/c12-7-3-1-2-6(4-7)10-14-5-8(13)9(15-10)11(16)17/h1-5H,(H,16,17). The van der Waals surface area contributed by atoms with Gasteiger partial charge in [0, 0.05) is 10.6 Å². The van der Waals surface area contributed by atoms with Crippen LogP contribution in [0.3, 0.4) is 0 Å². The van der Waals surface area contributed by atoms with Crippen molar-refractivity contribution in [3.05, 3.63) is 46.2 Å². The van der Waals surface area contributed by atoms with Crippen molar-refractivity contribution in [3.8, 4) is 11.4 Å². The van der Waals surface area contributed by atoms with Crippen LogP contribution in [-0.4, -0.2) is 21.0 Å². The summed E-state index contributed by atoms with van der Waals surface area (Å²) < 4.78 is 0. The first-order chi connectivity index (χ1) is 8.08. The van der Waals surface area contributed by atoms with E-state index in [4.69, 9.17) is 28.3 Å². The fourth-order valence-corrected chi connectivity index (χ4v) is 1.65. The molecular formula is C11H6Cl2N2O2. The van der Waals surface area contributed by atoms with Gasteiger partial charge in [-0.2, -0.15) is 0 Å². The molecule has 0 aliphatic rings. The smallest absolute Gasteiger partial charge is 0.356 e. The van der Waals surface area contributed by atoms with Gasteiger partial charge in [0.1, 0.15) is 0 Å². The summed E-state index contributed by atoms with van der Waals surface area (Å²) in [6.07, 6.45) is 1.26. The highest BCUT2D eigenvalue weighted by molar-refractivity contribution is 6.33. The Kier molecular flexibility index (Phi) is 3.26. The zero-order valence-corrected chi connectivity index (χ0v) is 9.90. The number of carboxylic acids is 1. The van der Waals surface area contributed by atoms with E-state index in [0.29, 0.717) is 10.6 Å². The van der Waals surface area contributed by atoms with Crippen molar-refractivity contribution in [2.75, 3.05) is 0 Å². The third kappa shape index (κ3) is 2.54. The zero-order chi connectivity index (χ0) is 12.4. The normalized spacial score (nSPS) is 10.2. The molecule has 1 heterocycles. The maximum atomic E-state index is 10.9. The van der Waals surface area contributed by atoms with Crippen LogP contribution in [0.1, 0.15) is 10.5 Å². The van der Waals surface area contributed by atoms with Crippen molar-refractivity contribution < 1.29 is 9.90 Å². The van der Waals surface area contributed by atoms with Crippen LogP contribution in [0, 0.1) is 0 Å². The van der Waals surface area contributed by atoms with Crippen LogP contribution in [-0.2, 0) is 0 Å². The Morgan fingerprint density at radius 2 is 2.06 bits per heavy atom. The first-order valence-electron chi connectivity index (χ1n) is 4.59. The lowest BCUT2D eigenvalue weighted by atomic mass is 10.2. The molecule has 0 atom stereocenters. The number of benzene rings is 1. The molecule has 0 aliphatic carbocycles. The Bertz CT molecular complexity index is 587. The largest absolute Gasteiger partial charge is 0.476 e. The topological polar surface area (TPSA) is 63.1 Å². The van der Waals surface area contributed by atoms with E-state index >= 15 is 0 Å².